The van der Waals surface area contributed by atoms with E-state index >= 15 is 0 Å². The molecule has 10 heteroatoms. The number of rotatable bonds is 6. The Kier molecular flexibility index (Phi) is 5.31. The summed E-state index contributed by atoms with van der Waals surface area (Å²) in [6, 6.07) is 0. The molecule has 0 bridgehead atoms. The molecule has 2 aliphatic rings. The number of alkyl halides is 3. The molecule has 0 aromatic carbocycles. The van der Waals surface area contributed by atoms with Crippen molar-refractivity contribution in [3.63, 3.8) is 0 Å². The highest BCUT2D eigenvalue weighted by Gasteiger charge is 2.40. The fourth-order valence-electron chi connectivity index (χ4n) is 3.02. The lowest BCUT2D eigenvalue weighted by atomic mass is 9.89. The number of nitrogens with one attached hydrogen (secondary N) is 2. The molecule has 2 fully saturated rings. The van der Waals surface area contributed by atoms with Gasteiger partial charge in [0.15, 0.2) is 0 Å². The van der Waals surface area contributed by atoms with E-state index in [1.807, 2.05) is 6.92 Å². The highest BCUT2D eigenvalue weighted by Crippen LogP contribution is 2.44. The molecule has 7 nitrogen and oxygen atoms in total. The Balaban J connectivity index is 1.76. The fraction of sp³-hybridized carbons (Fsp3) is 0.556. The monoisotopic (exact) mass is 396 g/mol. The lowest BCUT2D eigenvalue weighted by molar-refractivity contribution is -0.138. The SMILES string of the molecule is CC(=N/C[C@@]1(C)CCNC1=O)/C(=C\N)Nc1ncc(C(F)(F)F)c(C2CC2)n1. The van der Waals surface area contributed by atoms with Gasteiger partial charge in [0.05, 0.1) is 34.6 Å². The van der Waals surface area contributed by atoms with Gasteiger partial charge in [0, 0.05) is 24.9 Å². The summed E-state index contributed by atoms with van der Waals surface area (Å²) in [6.07, 6.45) is -0.385. The lowest BCUT2D eigenvalue weighted by Crippen LogP contribution is -2.31. The fourth-order valence-corrected chi connectivity index (χ4v) is 3.02. The summed E-state index contributed by atoms with van der Waals surface area (Å²) in [5.74, 6) is -0.206. The summed E-state index contributed by atoms with van der Waals surface area (Å²) in [4.78, 5) is 24.2. The standard InChI is InChI=1S/C18H23F3N6O/c1-10(25-9-17(2)5-6-23-15(17)28)13(7-22)26-16-24-8-12(18(19,20)21)14(27-16)11-3-4-11/h7-8,11H,3-6,9,22H2,1-2H3,(H,23,28)(H,24,26,27)/b13-7+,25-10-/t17-/m1/s1. The number of carbonyl (C=O) groups is 1. The normalized spacial score (nSPS) is 23.7. The Morgan fingerprint density at radius 2 is 2.21 bits per heavy atom. The van der Waals surface area contributed by atoms with E-state index in [4.69, 9.17) is 5.73 Å². The third kappa shape index (κ3) is 4.26. The number of halogens is 3. The first-order valence-corrected chi connectivity index (χ1v) is 9.07. The number of carbonyl (C=O) groups excluding carboxylic acids is 1. The predicted octanol–water partition coefficient (Wildman–Crippen LogP) is 2.57. The second-order valence-electron chi connectivity index (χ2n) is 7.44. The zero-order valence-corrected chi connectivity index (χ0v) is 15.7. The molecule has 1 aromatic heterocycles. The van der Waals surface area contributed by atoms with Crippen molar-refractivity contribution in [3.8, 4) is 0 Å². The zero-order valence-electron chi connectivity index (χ0n) is 15.7. The van der Waals surface area contributed by atoms with Crippen LogP contribution in [0.5, 0.6) is 0 Å². The Bertz CT molecular complexity index is 831. The molecule has 0 unspecified atom stereocenters. The number of anilines is 1. The second kappa shape index (κ2) is 7.40. The molecule has 1 saturated heterocycles. The Morgan fingerprint density at radius 3 is 2.75 bits per heavy atom. The van der Waals surface area contributed by atoms with Crippen molar-refractivity contribution in [2.75, 3.05) is 18.4 Å². The number of aromatic nitrogens is 2. The minimum atomic E-state index is -4.49. The number of hydrogen-bond acceptors (Lipinski definition) is 6. The van der Waals surface area contributed by atoms with Crippen LogP contribution in [0.3, 0.4) is 0 Å². The van der Waals surface area contributed by atoms with Gasteiger partial charge in [0.25, 0.3) is 0 Å². The van der Waals surface area contributed by atoms with Crippen molar-refractivity contribution < 1.29 is 18.0 Å². The molecule has 2 heterocycles. The van der Waals surface area contributed by atoms with Crippen LogP contribution in [0, 0.1) is 5.41 Å². The van der Waals surface area contributed by atoms with Gasteiger partial charge < -0.3 is 16.4 Å². The van der Waals surface area contributed by atoms with E-state index in [0.29, 0.717) is 37.2 Å². The minimum absolute atomic E-state index is 0.00565. The highest BCUT2D eigenvalue weighted by atomic mass is 19.4. The van der Waals surface area contributed by atoms with Gasteiger partial charge in [0.2, 0.25) is 11.9 Å². The van der Waals surface area contributed by atoms with Crippen LogP contribution in [0.1, 0.15) is 50.3 Å². The molecule has 4 N–H and O–H groups in total. The van der Waals surface area contributed by atoms with Crippen molar-refractivity contribution in [1.29, 1.82) is 0 Å². The van der Waals surface area contributed by atoms with Gasteiger partial charge in [0.1, 0.15) is 0 Å². The average Bonchev–Trinajstić information content (AvgIpc) is 3.43. The quantitative estimate of drug-likeness (QED) is 0.641. The molecule has 0 spiro atoms. The second-order valence-corrected chi connectivity index (χ2v) is 7.44. The van der Waals surface area contributed by atoms with E-state index in [1.54, 1.807) is 6.92 Å². The molecule has 1 saturated carbocycles. The van der Waals surface area contributed by atoms with Crippen LogP contribution in [-0.2, 0) is 11.0 Å². The van der Waals surface area contributed by atoms with E-state index in [2.05, 4.69) is 25.6 Å². The van der Waals surface area contributed by atoms with Gasteiger partial charge in [-0.2, -0.15) is 13.2 Å². The maximum Gasteiger partial charge on any atom is 0.419 e. The van der Waals surface area contributed by atoms with Crippen molar-refractivity contribution >= 4 is 17.6 Å². The molecule has 1 aliphatic carbocycles. The molecular formula is C18H23F3N6O. The summed E-state index contributed by atoms with van der Waals surface area (Å²) in [6.45, 7) is 4.44. The maximum atomic E-state index is 13.2. The number of aliphatic imine (C=N–C) groups is 1. The van der Waals surface area contributed by atoms with Gasteiger partial charge in [-0.05, 0) is 33.1 Å². The van der Waals surface area contributed by atoms with Crippen LogP contribution < -0.4 is 16.4 Å². The first-order chi connectivity index (χ1) is 13.1. The smallest absolute Gasteiger partial charge is 0.403 e. The average molecular weight is 396 g/mol. The third-order valence-electron chi connectivity index (χ3n) is 5.07. The molecule has 0 radical (unpaired) electrons. The van der Waals surface area contributed by atoms with E-state index in [9.17, 15) is 18.0 Å². The van der Waals surface area contributed by atoms with Crippen LogP contribution in [0.4, 0.5) is 19.1 Å². The number of hydrogen-bond donors (Lipinski definition) is 3. The number of nitrogens with two attached hydrogens (primary N) is 1. The Labute approximate surface area is 160 Å². The van der Waals surface area contributed by atoms with Gasteiger partial charge in [-0.15, -0.1) is 0 Å². The molecule has 1 amide bonds. The Morgan fingerprint density at radius 1 is 1.50 bits per heavy atom. The topological polar surface area (TPSA) is 105 Å². The number of nitrogens with zero attached hydrogens (tertiary/aromatic N) is 3. The summed E-state index contributed by atoms with van der Waals surface area (Å²) in [5.41, 5.74) is 5.17. The van der Waals surface area contributed by atoms with Crippen LogP contribution >= 0.6 is 0 Å². The molecule has 1 atom stereocenters. The van der Waals surface area contributed by atoms with Crippen LogP contribution in [-0.4, -0.2) is 34.7 Å². The number of allylic oxidation sites excluding steroid dienone is 1. The largest absolute Gasteiger partial charge is 0.419 e. The third-order valence-corrected chi connectivity index (χ3v) is 5.07. The van der Waals surface area contributed by atoms with E-state index in [0.717, 1.165) is 6.20 Å². The number of amides is 1. The first-order valence-electron chi connectivity index (χ1n) is 9.07. The van der Waals surface area contributed by atoms with Gasteiger partial charge in [-0.25, -0.2) is 9.97 Å². The van der Waals surface area contributed by atoms with Crippen molar-refractivity contribution in [3.05, 3.63) is 29.4 Å². The molecule has 3 rings (SSSR count). The highest BCUT2D eigenvalue weighted by molar-refractivity contribution is 6.00. The van der Waals surface area contributed by atoms with Gasteiger partial charge >= 0.3 is 6.18 Å². The summed E-state index contributed by atoms with van der Waals surface area (Å²) < 4.78 is 39.5. The van der Waals surface area contributed by atoms with Gasteiger partial charge in [-0.1, -0.05) is 0 Å². The summed E-state index contributed by atoms with van der Waals surface area (Å²) in [5, 5.41) is 5.63. The Hall–Kier alpha value is -2.65. The maximum absolute atomic E-state index is 13.2. The van der Waals surface area contributed by atoms with Crippen molar-refractivity contribution in [2.45, 2.75) is 45.2 Å². The molecule has 1 aliphatic heterocycles. The van der Waals surface area contributed by atoms with Gasteiger partial charge in [-0.3, -0.25) is 9.79 Å². The first kappa shape index (κ1) is 20.1. The minimum Gasteiger partial charge on any atom is -0.403 e. The van der Waals surface area contributed by atoms with E-state index in [1.165, 1.54) is 6.20 Å². The van der Waals surface area contributed by atoms with Crippen molar-refractivity contribution in [1.82, 2.24) is 15.3 Å². The lowest BCUT2D eigenvalue weighted by Gasteiger charge is -2.18. The van der Waals surface area contributed by atoms with Crippen molar-refractivity contribution in [2.24, 2.45) is 16.1 Å². The van der Waals surface area contributed by atoms with E-state index < -0.39 is 17.2 Å². The molecule has 152 valence electrons. The van der Waals surface area contributed by atoms with Crippen LogP contribution in [0.2, 0.25) is 0 Å². The van der Waals surface area contributed by atoms with Crippen LogP contribution in [0.25, 0.3) is 0 Å². The van der Waals surface area contributed by atoms with E-state index in [-0.39, 0.29) is 30.0 Å². The van der Waals surface area contributed by atoms with Crippen LogP contribution in [0.15, 0.2) is 23.1 Å². The molecule has 1 aromatic rings. The molecular weight excluding hydrogens is 373 g/mol. The summed E-state index contributed by atoms with van der Waals surface area (Å²) >= 11 is 0. The predicted molar refractivity (Wildman–Crippen MR) is 98.6 cm³/mol. The molecule has 28 heavy (non-hydrogen) atoms. The summed E-state index contributed by atoms with van der Waals surface area (Å²) in [7, 11) is 0. The zero-order chi connectivity index (χ0) is 20.5.